The number of fused-ring (bicyclic) bond motifs is 1. The van der Waals surface area contributed by atoms with E-state index in [2.05, 4.69) is 27.2 Å². The van der Waals surface area contributed by atoms with Crippen molar-refractivity contribution >= 4 is 22.7 Å². The number of para-hydroxylation sites is 2. The summed E-state index contributed by atoms with van der Waals surface area (Å²) in [7, 11) is 0. The molecule has 124 valence electrons. The second-order valence-corrected chi connectivity index (χ2v) is 5.88. The first-order chi connectivity index (χ1) is 12.2. The SMILES string of the molecule is C[C@H](Nc1nccc(-n2cnc3ccccc32)n1)c1cccc(N)c1. The lowest BCUT2D eigenvalue weighted by Crippen LogP contribution is -2.10. The molecule has 25 heavy (non-hydrogen) atoms. The highest BCUT2D eigenvalue weighted by Crippen LogP contribution is 2.20. The van der Waals surface area contributed by atoms with Gasteiger partial charge in [0.05, 0.1) is 17.1 Å². The molecule has 0 fully saturated rings. The maximum Gasteiger partial charge on any atom is 0.225 e. The van der Waals surface area contributed by atoms with Crippen LogP contribution in [0.25, 0.3) is 16.9 Å². The number of nitrogens with two attached hydrogens (primary N) is 1. The average Bonchev–Trinajstić information content (AvgIpc) is 3.06. The van der Waals surface area contributed by atoms with Gasteiger partial charge in [-0.2, -0.15) is 4.98 Å². The van der Waals surface area contributed by atoms with Gasteiger partial charge in [-0.05, 0) is 42.8 Å². The maximum atomic E-state index is 5.86. The predicted octanol–water partition coefficient (Wildman–Crippen LogP) is 3.57. The summed E-state index contributed by atoms with van der Waals surface area (Å²) in [6.07, 6.45) is 3.52. The molecule has 6 nitrogen and oxygen atoms in total. The Labute approximate surface area is 145 Å². The van der Waals surface area contributed by atoms with Gasteiger partial charge in [-0.1, -0.05) is 24.3 Å². The molecule has 2 aromatic heterocycles. The molecule has 6 heteroatoms. The lowest BCUT2D eigenvalue weighted by Gasteiger charge is -2.15. The van der Waals surface area contributed by atoms with Gasteiger partial charge in [0.25, 0.3) is 0 Å². The summed E-state index contributed by atoms with van der Waals surface area (Å²) < 4.78 is 1.95. The third kappa shape index (κ3) is 3.01. The third-order valence-corrected chi connectivity index (χ3v) is 4.10. The summed E-state index contributed by atoms with van der Waals surface area (Å²) in [5.41, 5.74) is 9.63. The Morgan fingerprint density at radius 1 is 1.04 bits per heavy atom. The zero-order valence-electron chi connectivity index (χ0n) is 13.8. The Morgan fingerprint density at radius 3 is 2.80 bits per heavy atom. The summed E-state index contributed by atoms with van der Waals surface area (Å²) in [5.74, 6) is 1.33. The molecule has 4 aromatic rings. The molecule has 1 atom stereocenters. The van der Waals surface area contributed by atoms with E-state index in [1.807, 2.05) is 59.2 Å². The van der Waals surface area contributed by atoms with Crippen LogP contribution in [-0.4, -0.2) is 19.5 Å². The monoisotopic (exact) mass is 330 g/mol. The maximum absolute atomic E-state index is 5.86. The molecular formula is C19H18N6. The highest BCUT2D eigenvalue weighted by Gasteiger charge is 2.10. The predicted molar refractivity (Wildman–Crippen MR) is 99.6 cm³/mol. The summed E-state index contributed by atoms with van der Waals surface area (Å²) in [4.78, 5) is 13.4. The van der Waals surface area contributed by atoms with Gasteiger partial charge < -0.3 is 11.1 Å². The van der Waals surface area contributed by atoms with E-state index in [0.717, 1.165) is 28.1 Å². The van der Waals surface area contributed by atoms with Crippen molar-refractivity contribution in [1.82, 2.24) is 19.5 Å². The third-order valence-electron chi connectivity index (χ3n) is 4.10. The van der Waals surface area contributed by atoms with Gasteiger partial charge in [-0.3, -0.25) is 4.57 Å². The van der Waals surface area contributed by atoms with Crippen molar-refractivity contribution in [1.29, 1.82) is 0 Å². The van der Waals surface area contributed by atoms with Gasteiger partial charge >= 0.3 is 0 Å². The zero-order chi connectivity index (χ0) is 17.2. The van der Waals surface area contributed by atoms with Crippen molar-refractivity contribution in [2.45, 2.75) is 13.0 Å². The standard InChI is InChI=1S/C19H18N6/c1-13(14-5-4-6-15(20)11-14)23-19-21-10-9-18(24-19)25-12-22-16-7-2-3-8-17(16)25/h2-13H,20H2,1H3,(H,21,23,24)/t13-/m0/s1. The van der Waals surface area contributed by atoms with E-state index in [0.29, 0.717) is 5.95 Å². The van der Waals surface area contributed by atoms with Gasteiger partial charge in [0.15, 0.2) is 0 Å². The van der Waals surface area contributed by atoms with E-state index in [1.54, 1.807) is 12.5 Å². The first kappa shape index (κ1) is 15.1. The molecule has 0 unspecified atom stereocenters. The number of anilines is 2. The molecule has 0 aliphatic heterocycles. The van der Waals surface area contributed by atoms with Crippen molar-refractivity contribution in [2.75, 3.05) is 11.1 Å². The number of imidazole rings is 1. The molecule has 4 rings (SSSR count). The van der Waals surface area contributed by atoms with E-state index in [1.165, 1.54) is 0 Å². The molecule has 0 saturated heterocycles. The first-order valence-corrected chi connectivity index (χ1v) is 8.08. The number of hydrogen-bond donors (Lipinski definition) is 2. The van der Waals surface area contributed by atoms with Gasteiger partial charge in [0.2, 0.25) is 5.95 Å². The molecular weight excluding hydrogens is 312 g/mol. The summed E-state index contributed by atoms with van der Waals surface area (Å²) in [5, 5.41) is 3.32. The van der Waals surface area contributed by atoms with Crippen LogP contribution in [0.3, 0.4) is 0 Å². The molecule has 0 amide bonds. The number of nitrogens with one attached hydrogen (secondary N) is 1. The Bertz CT molecular complexity index is 1020. The molecule has 0 aliphatic carbocycles. The average molecular weight is 330 g/mol. The van der Waals surface area contributed by atoms with Crippen LogP contribution >= 0.6 is 0 Å². The lowest BCUT2D eigenvalue weighted by molar-refractivity contribution is 0.854. The fourth-order valence-corrected chi connectivity index (χ4v) is 2.80. The van der Waals surface area contributed by atoms with Crippen LogP contribution in [0.15, 0.2) is 67.1 Å². The Kier molecular flexibility index (Phi) is 3.78. The highest BCUT2D eigenvalue weighted by molar-refractivity contribution is 5.76. The van der Waals surface area contributed by atoms with Crippen molar-refractivity contribution in [2.24, 2.45) is 0 Å². The Hall–Kier alpha value is -3.41. The molecule has 3 N–H and O–H groups in total. The van der Waals surface area contributed by atoms with Gasteiger partial charge in [0, 0.05) is 11.9 Å². The molecule has 0 spiro atoms. The minimum absolute atomic E-state index is 0.0401. The Balaban J connectivity index is 1.63. The Morgan fingerprint density at radius 2 is 1.92 bits per heavy atom. The van der Waals surface area contributed by atoms with Crippen LogP contribution in [-0.2, 0) is 0 Å². The molecule has 2 aromatic carbocycles. The summed E-state index contributed by atoms with van der Waals surface area (Å²) >= 11 is 0. The first-order valence-electron chi connectivity index (χ1n) is 8.08. The quantitative estimate of drug-likeness (QED) is 0.559. The minimum atomic E-state index is 0.0401. The van der Waals surface area contributed by atoms with Crippen LogP contribution in [0.4, 0.5) is 11.6 Å². The van der Waals surface area contributed by atoms with Gasteiger partial charge in [0.1, 0.15) is 12.1 Å². The van der Waals surface area contributed by atoms with Crippen LogP contribution in [0.1, 0.15) is 18.5 Å². The zero-order valence-corrected chi connectivity index (χ0v) is 13.8. The topological polar surface area (TPSA) is 81.7 Å². The fraction of sp³-hybridized carbons (Fsp3) is 0.105. The molecule has 0 saturated carbocycles. The molecule has 0 radical (unpaired) electrons. The number of nitrogens with zero attached hydrogens (tertiary/aromatic N) is 4. The van der Waals surface area contributed by atoms with Crippen molar-refractivity contribution in [3.05, 3.63) is 72.7 Å². The van der Waals surface area contributed by atoms with Crippen molar-refractivity contribution in [3.8, 4) is 5.82 Å². The van der Waals surface area contributed by atoms with E-state index in [-0.39, 0.29) is 6.04 Å². The minimum Gasteiger partial charge on any atom is -0.399 e. The van der Waals surface area contributed by atoms with Crippen molar-refractivity contribution < 1.29 is 0 Å². The molecule has 0 bridgehead atoms. The highest BCUT2D eigenvalue weighted by atomic mass is 15.2. The van der Waals surface area contributed by atoms with E-state index >= 15 is 0 Å². The molecule has 0 aliphatic rings. The normalized spacial score (nSPS) is 12.2. The van der Waals surface area contributed by atoms with E-state index < -0.39 is 0 Å². The second kappa shape index (κ2) is 6.24. The number of rotatable bonds is 4. The largest absolute Gasteiger partial charge is 0.399 e. The fourth-order valence-electron chi connectivity index (χ4n) is 2.80. The van der Waals surface area contributed by atoms with Crippen LogP contribution < -0.4 is 11.1 Å². The summed E-state index contributed by atoms with van der Waals surface area (Å²) in [6, 6.07) is 17.7. The second-order valence-electron chi connectivity index (χ2n) is 5.88. The number of aromatic nitrogens is 4. The summed E-state index contributed by atoms with van der Waals surface area (Å²) in [6.45, 7) is 2.05. The molecule has 2 heterocycles. The van der Waals surface area contributed by atoms with Crippen LogP contribution in [0, 0.1) is 0 Å². The smallest absolute Gasteiger partial charge is 0.225 e. The van der Waals surface area contributed by atoms with E-state index in [9.17, 15) is 0 Å². The van der Waals surface area contributed by atoms with Crippen molar-refractivity contribution in [3.63, 3.8) is 0 Å². The van der Waals surface area contributed by atoms with Crippen LogP contribution in [0.5, 0.6) is 0 Å². The van der Waals surface area contributed by atoms with Gasteiger partial charge in [-0.25, -0.2) is 9.97 Å². The van der Waals surface area contributed by atoms with E-state index in [4.69, 9.17) is 5.73 Å². The van der Waals surface area contributed by atoms with Crippen LogP contribution in [0.2, 0.25) is 0 Å². The number of nitrogen functional groups attached to an aromatic ring is 1. The number of benzene rings is 2. The lowest BCUT2D eigenvalue weighted by atomic mass is 10.1. The van der Waals surface area contributed by atoms with Gasteiger partial charge in [-0.15, -0.1) is 0 Å². The number of hydrogen-bond acceptors (Lipinski definition) is 5.